The Labute approximate surface area is 66.8 Å². The molecular formula is C9H12N2. The van der Waals surface area contributed by atoms with Crippen molar-refractivity contribution in [3.05, 3.63) is 36.0 Å². The first-order chi connectivity index (χ1) is 5.24. The van der Waals surface area contributed by atoms with E-state index in [0.717, 1.165) is 17.7 Å². The first kappa shape index (κ1) is 7.79. The van der Waals surface area contributed by atoms with E-state index in [9.17, 15) is 0 Å². The molecule has 0 saturated carbocycles. The van der Waals surface area contributed by atoms with E-state index in [2.05, 4.69) is 11.6 Å². The van der Waals surface area contributed by atoms with Crippen molar-refractivity contribution in [1.29, 1.82) is 0 Å². The molecular weight excluding hydrogens is 136 g/mol. The van der Waals surface area contributed by atoms with Crippen LogP contribution >= 0.6 is 0 Å². The largest absolute Gasteiger partial charge is 0.383 e. The zero-order valence-corrected chi connectivity index (χ0v) is 6.67. The van der Waals surface area contributed by atoms with Gasteiger partial charge in [-0.1, -0.05) is 12.1 Å². The number of pyridine rings is 1. The minimum Gasteiger partial charge on any atom is -0.383 e. The van der Waals surface area contributed by atoms with Gasteiger partial charge in [-0.05, 0) is 25.0 Å². The van der Waals surface area contributed by atoms with Gasteiger partial charge >= 0.3 is 0 Å². The summed E-state index contributed by atoms with van der Waals surface area (Å²) in [5.41, 5.74) is 7.65. The third kappa shape index (κ3) is 1.80. The van der Waals surface area contributed by atoms with Gasteiger partial charge in [0.1, 0.15) is 5.82 Å². The van der Waals surface area contributed by atoms with Gasteiger partial charge in [-0.25, -0.2) is 4.98 Å². The number of aromatic nitrogens is 1. The number of rotatable bonds is 2. The van der Waals surface area contributed by atoms with Gasteiger partial charge < -0.3 is 5.73 Å². The molecule has 0 fully saturated rings. The molecule has 1 aromatic rings. The average Bonchev–Trinajstić information content (AvgIpc) is 1.95. The fraction of sp³-hybridized carbons (Fsp3) is 0.222. The predicted octanol–water partition coefficient (Wildman–Crippen LogP) is 1.70. The van der Waals surface area contributed by atoms with E-state index in [1.54, 1.807) is 0 Å². The molecule has 2 nitrogen and oxygen atoms in total. The number of aryl methyl sites for hydroxylation is 1. The molecule has 0 unspecified atom stereocenters. The molecule has 1 heterocycles. The highest BCUT2D eigenvalue weighted by atomic mass is 14.8. The van der Waals surface area contributed by atoms with Crippen molar-refractivity contribution in [2.45, 2.75) is 13.3 Å². The fourth-order valence-electron chi connectivity index (χ4n) is 0.934. The Kier molecular flexibility index (Phi) is 2.26. The maximum absolute atomic E-state index is 5.65. The topological polar surface area (TPSA) is 38.9 Å². The van der Waals surface area contributed by atoms with Crippen LogP contribution in [0.2, 0.25) is 0 Å². The minimum atomic E-state index is 0.616. The summed E-state index contributed by atoms with van der Waals surface area (Å²) in [6.45, 7) is 5.56. The lowest BCUT2D eigenvalue weighted by Crippen LogP contribution is -1.97. The quantitative estimate of drug-likeness (QED) is 0.648. The summed E-state index contributed by atoms with van der Waals surface area (Å²) in [6, 6.07) is 3.94. The number of anilines is 1. The second-order valence-corrected chi connectivity index (χ2v) is 2.49. The lowest BCUT2D eigenvalue weighted by molar-refractivity contribution is 1.15. The molecule has 2 N–H and O–H groups in total. The van der Waals surface area contributed by atoms with Gasteiger partial charge in [0.25, 0.3) is 0 Å². The van der Waals surface area contributed by atoms with Crippen molar-refractivity contribution in [2.75, 3.05) is 5.73 Å². The van der Waals surface area contributed by atoms with Crippen LogP contribution in [-0.4, -0.2) is 4.98 Å². The molecule has 0 aromatic carbocycles. The molecule has 0 amide bonds. The van der Waals surface area contributed by atoms with Crippen LogP contribution < -0.4 is 5.73 Å². The van der Waals surface area contributed by atoms with Crippen molar-refractivity contribution in [3.8, 4) is 0 Å². The van der Waals surface area contributed by atoms with Crippen molar-refractivity contribution in [2.24, 2.45) is 0 Å². The maximum atomic E-state index is 5.65. The molecule has 0 aliphatic rings. The molecule has 0 atom stereocenters. The summed E-state index contributed by atoms with van der Waals surface area (Å²) >= 11 is 0. The lowest BCUT2D eigenvalue weighted by Gasteiger charge is -2.01. The van der Waals surface area contributed by atoms with Gasteiger partial charge in [0.05, 0.1) is 0 Å². The van der Waals surface area contributed by atoms with E-state index < -0.39 is 0 Å². The fourth-order valence-corrected chi connectivity index (χ4v) is 0.934. The van der Waals surface area contributed by atoms with Gasteiger partial charge in [0.2, 0.25) is 0 Å². The molecule has 11 heavy (non-hydrogen) atoms. The van der Waals surface area contributed by atoms with Crippen LogP contribution in [0.4, 0.5) is 5.82 Å². The Morgan fingerprint density at radius 3 is 2.91 bits per heavy atom. The Bertz CT molecular complexity index is 266. The normalized spacial score (nSPS) is 9.55. The summed E-state index contributed by atoms with van der Waals surface area (Å²) < 4.78 is 0. The Hall–Kier alpha value is -1.31. The average molecular weight is 148 g/mol. The van der Waals surface area contributed by atoms with E-state index >= 15 is 0 Å². The van der Waals surface area contributed by atoms with Gasteiger partial charge in [-0.2, -0.15) is 0 Å². The van der Waals surface area contributed by atoms with Crippen molar-refractivity contribution < 1.29 is 0 Å². The molecule has 2 heteroatoms. The summed E-state index contributed by atoms with van der Waals surface area (Å²) in [4.78, 5) is 4.12. The highest BCUT2D eigenvalue weighted by Crippen LogP contribution is 2.09. The lowest BCUT2D eigenvalue weighted by atomic mass is 10.2. The monoisotopic (exact) mass is 148 g/mol. The van der Waals surface area contributed by atoms with Crippen LogP contribution in [0, 0.1) is 6.92 Å². The smallest absolute Gasteiger partial charge is 0.127 e. The standard InChI is InChI=1S/C9H12N2/c1-3-4-8-6-5-7(2)11-9(8)10/h3,5-6H,1,4H2,2H3,(H2,10,11). The van der Waals surface area contributed by atoms with Crippen molar-refractivity contribution in [3.63, 3.8) is 0 Å². The first-order valence-corrected chi connectivity index (χ1v) is 3.57. The van der Waals surface area contributed by atoms with E-state index in [0.29, 0.717) is 5.82 Å². The summed E-state index contributed by atoms with van der Waals surface area (Å²) in [5.74, 6) is 0.616. The molecule has 0 bridgehead atoms. The number of nitrogens with two attached hydrogens (primary N) is 1. The summed E-state index contributed by atoms with van der Waals surface area (Å²) in [5, 5.41) is 0. The van der Waals surface area contributed by atoms with Crippen LogP contribution in [0.1, 0.15) is 11.3 Å². The summed E-state index contributed by atoms with van der Waals surface area (Å²) in [7, 11) is 0. The molecule has 0 saturated heterocycles. The molecule has 1 rings (SSSR count). The number of nitrogen functional groups attached to an aromatic ring is 1. The minimum absolute atomic E-state index is 0.616. The SMILES string of the molecule is C=CCc1ccc(C)nc1N. The molecule has 0 aliphatic carbocycles. The van der Waals surface area contributed by atoms with Gasteiger partial charge in [0, 0.05) is 5.69 Å². The van der Waals surface area contributed by atoms with E-state index in [1.165, 1.54) is 0 Å². The molecule has 0 spiro atoms. The highest BCUT2D eigenvalue weighted by molar-refractivity contribution is 5.41. The second-order valence-electron chi connectivity index (χ2n) is 2.49. The predicted molar refractivity (Wildman–Crippen MR) is 47.3 cm³/mol. The first-order valence-electron chi connectivity index (χ1n) is 3.57. The highest BCUT2D eigenvalue weighted by Gasteiger charge is 1.96. The Morgan fingerprint density at radius 1 is 1.64 bits per heavy atom. The van der Waals surface area contributed by atoms with E-state index in [1.807, 2.05) is 25.1 Å². The van der Waals surface area contributed by atoms with Crippen LogP contribution in [0.25, 0.3) is 0 Å². The Morgan fingerprint density at radius 2 is 2.36 bits per heavy atom. The third-order valence-corrected chi connectivity index (χ3v) is 1.52. The van der Waals surface area contributed by atoms with Crippen molar-refractivity contribution in [1.82, 2.24) is 4.98 Å². The molecule has 58 valence electrons. The zero-order valence-electron chi connectivity index (χ0n) is 6.67. The zero-order chi connectivity index (χ0) is 8.27. The van der Waals surface area contributed by atoms with Crippen LogP contribution in [-0.2, 0) is 6.42 Å². The number of allylic oxidation sites excluding steroid dienone is 1. The summed E-state index contributed by atoms with van der Waals surface area (Å²) in [6.07, 6.45) is 2.61. The molecule has 1 aromatic heterocycles. The number of hydrogen-bond donors (Lipinski definition) is 1. The molecule has 0 radical (unpaired) electrons. The van der Waals surface area contributed by atoms with Crippen LogP contribution in [0.3, 0.4) is 0 Å². The van der Waals surface area contributed by atoms with Crippen molar-refractivity contribution >= 4 is 5.82 Å². The van der Waals surface area contributed by atoms with E-state index in [4.69, 9.17) is 5.73 Å². The Balaban J connectivity index is 2.98. The van der Waals surface area contributed by atoms with Gasteiger partial charge in [-0.3, -0.25) is 0 Å². The van der Waals surface area contributed by atoms with Crippen LogP contribution in [0.5, 0.6) is 0 Å². The number of nitrogens with zero attached hydrogens (tertiary/aromatic N) is 1. The van der Waals surface area contributed by atoms with Gasteiger partial charge in [-0.15, -0.1) is 6.58 Å². The second kappa shape index (κ2) is 3.19. The maximum Gasteiger partial charge on any atom is 0.127 e. The third-order valence-electron chi connectivity index (χ3n) is 1.52. The molecule has 0 aliphatic heterocycles. The van der Waals surface area contributed by atoms with Gasteiger partial charge in [0.15, 0.2) is 0 Å². The van der Waals surface area contributed by atoms with Crippen LogP contribution in [0.15, 0.2) is 24.8 Å². The number of hydrogen-bond acceptors (Lipinski definition) is 2. The van der Waals surface area contributed by atoms with E-state index in [-0.39, 0.29) is 0 Å².